The fraction of sp³-hybridized carbons (Fsp3) is 0.444. The molecular formula is C18H19ClN2O3. The maximum atomic E-state index is 12.9. The van der Waals surface area contributed by atoms with Gasteiger partial charge < -0.3 is 4.74 Å². The average molecular weight is 347 g/mol. The molecule has 0 atom stereocenters. The molecule has 0 radical (unpaired) electrons. The van der Waals surface area contributed by atoms with E-state index in [4.69, 9.17) is 16.3 Å². The van der Waals surface area contributed by atoms with Crippen molar-refractivity contribution in [2.75, 3.05) is 20.2 Å². The summed E-state index contributed by atoms with van der Waals surface area (Å²) in [7, 11) is 1.50. The zero-order valence-corrected chi connectivity index (χ0v) is 14.5. The molecule has 24 heavy (non-hydrogen) atoms. The van der Waals surface area contributed by atoms with E-state index in [9.17, 15) is 9.59 Å². The Balaban J connectivity index is 2.06. The summed E-state index contributed by atoms with van der Waals surface area (Å²) in [5.41, 5.74) is 1.12. The highest BCUT2D eigenvalue weighted by Crippen LogP contribution is 2.40. The predicted octanol–water partition coefficient (Wildman–Crippen LogP) is 2.57. The van der Waals surface area contributed by atoms with Crippen molar-refractivity contribution in [3.05, 3.63) is 28.3 Å². The van der Waals surface area contributed by atoms with E-state index < -0.39 is 5.92 Å². The molecule has 0 aliphatic carbocycles. The molecule has 5 nitrogen and oxygen atoms in total. The number of methoxy groups -OCH3 is 1. The summed E-state index contributed by atoms with van der Waals surface area (Å²) in [6, 6.07) is 3.40. The van der Waals surface area contributed by atoms with Crippen LogP contribution in [0.15, 0.2) is 12.1 Å². The van der Waals surface area contributed by atoms with E-state index in [0.29, 0.717) is 35.0 Å². The van der Waals surface area contributed by atoms with Crippen molar-refractivity contribution in [3.63, 3.8) is 0 Å². The quantitative estimate of drug-likeness (QED) is 0.611. The Morgan fingerprint density at radius 1 is 1.12 bits per heavy atom. The first-order valence-electron chi connectivity index (χ1n) is 8.01. The summed E-state index contributed by atoms with van der Waals surface area (Å²) in [6.07, 6.45) is 2.82. The average Bonchev–Trinajstić information content (AvgIpc) is 2.75. The number of carbonyl (C=O) groups excluding carboxylic acids is 2. The van der Waals surface area contributed by atoms with Gasteiger partial charge in [0.05, 0.1) is 12.1 Å². The second-order valence-corrected chi connectivity index (χ2v) is 6.27. The van der Waals surface area contributed by atoms with Crippen molar-refractivity contribution in [1.82, 2.24) is 10.0 Å². The van der Waals surface area contributed by atoms with Crippen molar-refractivity contribution >= 4 is 23.4 Å². The third kappa shape index (κ3) is 2.71. The number of carbonyl (C=O) groups is 2. The van der Waals surface area contributed by atoms with Crippen molar-refractivity contribution in [2.45, 2.75) is 32.1 Å². The van der Waals surface area contributed by atoms with Crippen LogP contribution in [-0.4, -0.2) is 42.0 Å². The van der Waals surface area contributed by atoms with Gasteiger partial charge >= 0.3 is 0 Å². The van der Waals surface area contributed by atoms with Gasteiger partial charge in [-0.25, -0.2) is 0 Å². The number of hydrogen-bond donors (Lipinski definition) is 0. The van der Waals surface area contributed by atoms with Gasteiger partial charge in [-0.2, -0.15) is 0 Å². The van der Waals surface area contributed by atoms with Crippen molar-refractivity contribution in [3.8, 4) is 17.6 Å². The Bertz CT molecular complexity index is 727. The lowest BCUT2D eigenvalue weighted by Gasteiger charge is -2.24. The highest BCUT2D eigenvalue weighted by atomic mass is 35.5. The van der Waals surface area contributed by atoms with Gasteiger partial charge in [0.2, 0.25) is 0 Å². The van der Waals surface area contributed by atoms with Gasteiger partial charge in [-0.05, 0) is 38.3 Å². The number of nitrogens with zero attached hydrogens (tertiary/aromatic N) is 2. The maximum Gasteiger partial charge on any atom is 0.258 e. The fourth-order valence-corrected chi connectivity index (χ4v) is 3.63. The van der Waals surface area contributed by atoms with Crippen molar-refractivity contribution < 1.29 is 14.3 Å². The molecule has 0 N–H and O–H groups in total. The Kier molecular flexibility index (Phi) is 4.68. The number of rotatable bonds is 2. The third-order valence-electron chi connectivity index (χ3n) is 4.40. The van der Waals surface area contributed by atoms with Crippen molar-refractivity contribution in [1.29, 1.82) is 0 Å². The highest BCUT2D eigenvalue weighted by molar-refractivity contribution is 6.32. The van der Waals surface area contributed by atoms with Gasteiger partial charge in [0, 0.05) is 24.2 Å². The highest BCUT2D eigenvalue weighted by Gasteiger charge is 2.48. The van der Waals surface area contributed by atoms with E-state index in [1.54, 1.807) is 29.1 Å². The van der Waals surface area contributed by atoms with Crippen LogP contribution in [0.3, 0.4) is 0 Å². The lowest BCUT2D eigenvalue weighted by atomic mass is 9.95. The maximum absolute atomic E-state index is 12.9. The molecule has 6 heteroatoms. The second-order valence-electron chi connectivity index (χ2n) is 5.87. The molecule has 0 unspecified atom stereocenters. The Labute approximate surface area is 146 Å². The molecule has 1 aromatic carbocycles. The molecule has 2 amide bonds. The lowest BCUT2D eigenvalue weighted by molar-refractivity contribution is -0.145. The van der Waals surface area contributed by atoms with Crippen LogP contribution < -0.4 is 4.74 Å². The summed E-state index contributed by atoms with van der Waals surface area (Å²) in [6.45, 7) is 2.87. The van der Waals surface area contributed by atoms with Gasteiger partial charge in [0.25, 0.3) is 11.8 Å². The standard InChI is InChI=1S/C18H19ClN2O3/c1-3-7-12-10-13(19)15(14(11-12)24-2)16-17(22)20-8-5-4-6-9-21(20)18(16)23/h10-11,16H,4-6,8-9H2,1-2H3. The molecule has 2 heterocycles. The SMILES string of the molecule is CC#Cc1cc(Cl)c(C2C(=O)N3CCCCCN3C2=O)c(OC)c1. The van der Waals surface area contributed by atoms with E-state index >= 15 is 0 Å². The van der Waals surface area contributed by atoms with Gasteiger partial charge in [-0.1, -0.05) is 17.5 Å². The summed E-state index contributed by atoms with van der Waals surface area (Å²) in [5.74, 6) is 4.75. The van der Waals surface area contributed by atoms with Crippen LogP contribution in [0.4, 0.5) is 0 Å². The van der Waals surface area contributed by atoms with Crippen LogP contribution in [0.5, 0.6) is 5.75 Å². The molecule has 0 saturated carbocycles. The van der Waals surface area contributed by atoms with Crippen molar-refractivity contribution in [2.24, 2.45) is 0 Å². The van der Waals surface area contributed by atoms with E-state index in [1.807, 2.05) is 0 Å². The number of amides is 2. The zero-order valence-electron chi connectivity index (χ0n) is 13.8. The molecule has 1 aromatic rings. The molecule has 0 bridgehead atoms. The first-order chi connectivity index (χ1) is 11.6. The minimum Gasteiger partial charge on any atom is -0.496 e. The molecule has 0 spiro atoms. The number of halogens is 1. The number of hydrogen-bond acceptors (Lipinski definition) is 3. The monoisotopic (exact) mass is 346 g/mol. The van der Waals surface area contributed by atoms with E-state index in [0.717, 1.165) is 19.3 Å². The number of fused-ring (bicyclic) bond motifs is 1. The van der Waals surface area contributed by atoms with Crippen LogP contribution in [0, 0.1) is 11.8 Å². The predicted molar refractivity (Wildman–Crippen MR) is 90.6 cm³/mol. The summed E-state index contributed by atoms with van der Waals surface area (Å²) < 4.78 is 5.41. The summed E-state index contributed by atoms with van der Waals surface area (Å²) >= 11 is 6.40. The normalized spacial score (nSPS) is 18.1. The molecular weight excluding hydrogens is 328 g/mol. The lowest BCUT2D eigenvalue weighted by Crippen LogP contribution is -2.40. The van der Waals surface area contributed by atoms with E-state index in [2.05, 4.69) is 11.8 Å². The summed E-state index contributed by atoms with van der Waals surface area (Å²) in [5, 5.41) is 3.46. The molecule has 2 saturated heterocycles. The molecule has 3 rings (SSSR count). The van der Waals surface area contributed by atoms with E-state index in [1.165, 1.54) is 7.11 Å². The van der Waals surface area contributed by atoms with Gasteiger partial charge in [-0.3, -0.25) is 19.6 Å². The van der Waals surface area contributed by atoms with Crippen LogP contribution >= 0.6 is 11.6 Å². The molecule has 2 fully saturated rings. The smallest absolute Gasteiger partial charge is 0.258 e. The first kappa shape index (κ1) is 16.7. The third-order valence-corrected chi connectivity index (χ3v) is 4.72. The molecule has 126 valence electrons. The van der Waals surface area contributed by atoms with Crippen LogP contribution in [0.25, 0.3) is 0 Å². The van der Waals surface area contributed by atoms with Crippen LogP contribution in [0.2, 0.25) is 5.02 Å². The summed E-state index contributed by atoms with van der Waals surface area (Å²) in [4.78, 5) is 25.7. The Morgan fingerprint density at radius 3 is 2.29 bits per heavy atom. The molecule has 2 aliphatic rings. The molecule has 2 aliphatic heterocycles. The number of hydrazine groups is 1. The Morgan fingerprint density at radius 2 is 1.75 bits per heavy atom. The minimum absolute atomic E-state index is 0.226. The zero-order chi connectivity index (χ0) is 17.3. The van der Waals surface area contributed by atoms with E-state index in [-0.39, 0.29) is 11.8 Å². The van der Waals surface area contributed by atoms with Gasteiger partial charge in [0.1, 0.15) is 5.75 Å². The first-order valence-corrected chi connectivity index (χ1v) is 8.39. The number of ether oxygens (including phenoxy) is 1. The largest absolute Gasteiger partial charge is 0.496 e. The Hall–Kier alpha value is -2.19. The van der Waals surface area contributed by atoms with Crippen LogP contribution in [0.1, 0.15) is 43.2 Å². The minimum atomic E-state index is -0.936. The topological polar surface area (TPSA) is 49.9 Å². The van der Waals surface area contributed by atoms with Gasteiger partial charge in [0.15, 0.2) is 5.92 Å². The fourth-order valence-electron chi connectivity index (χ4n) is 3.31. The molecule has 0 aromatic heterocycles. The second kappa shape index (κ2) is 6.74. The van der Waals surface area contributed by atoms with Gasteiger partial charge in [-0.15, -0.1) is 5.92 Å². The number of benzene rings is 1. The van der Waals surface area contributed by atoms with Crippen LogP contribution in [-0.2, 0) is 9.59 Å².